The summed E-state index contributed by atoms with van der Waals surface area (Å²) in [6, 6.07) is 10.9. The van der Waals surface area contributed by atoms with Crippen LogP contribution in [0.2, 0.25) is 5.02 Å². The Bertz CT molecular complexity index is 1080. The third-order valence-corrected chi connectivity index (χ3v) is 7.37. The van der Waals surface area contributed by atoms with Crippen molar-refractivity contribution in [3.05, 3.63) is 53.1 Å². The van der Waals surface area contributed by atoms with Gasteiger partial charge in [0, 0.05) is 36.6 Å². The zero-order valence-electron chi connectivity index (χ0n) is 18.5. The number of halogens is 1. The molecule has 3 rings (SSSR count). The van der Waals surface area contributed by atoms with Crippen molar-refractivity contribution in [3.8, 4) is 5.75 Å². The van der Waals surface area contributed by atoms with E-state index in [2.05, 4.69) is 10.6 Å². The molecule has 1 fully saturated rings. The van der Waals surface area contributed by atoms with Gasteiger partial charge in [-0.2, -0.15) is 4.31 Å². The molecular weight excluding hydrogens is 466 g/mol. The number of hydrogen-bond acceptors (Lipinski definition) is 5. The Labute approximate surface area is 199 Å². The number of carbonyl (C=O) groups is 2. The molecule has 8 nitrogen and oxygen atoms in total. The monoisotopic (exact) mass is 493 g/mol. The van der Waals surface area contributed by atoms with E-state index in [0.29, 0.717) is 36.0 Å². The molecule has 0 aliphatic carbocycles. The summed E-state index contributed by atoms with van der Waals surface area (Å²) in [6.45, 7) is 3.26. The molecule has 2 aromatic rings. The maximum Gasteiger partial charge on any atom is 0.251 e. The number of sulfonamides is 1. The quantitative estimate of drug-likeness (QED) is 0.554. The molecule has 1 aliphatic rings. The van der Waals surface area contributed by atoms with E-state index < -0.39 is 10.0 Å². The fraction of sp³-hybridized carbons (Fsp3) is 0.391. The lowest BCUT2D eigenvalue weighted by Crippen LogP contribution is -2.35. The highest BCUT2D eigenvalue weighted by Gasteiger charge is 2.27. The Hall–Kier alpha value is -2.62. The number of anilines is 1. The van der Waals surface area contributed by atoms with Gasteiger partial charge in [0.2, 0.25) is 15.9 Å². The largest absolute Gasteiger partial charge is 0.492 e. The Morgan fingerprint density at radius 1 is 1.06 bits per heavy atom. The molecule has 178 valence electrons. The van der Waals surface area contributed by atoms with E-state index in [1.165, 1.54) is 16.4 Å². The molecule has 2 amide bonds. The first kappa shape index (κ1) is 25.0. The molecule has 2 N–H and O–H groups in total. The lowest BCUT2D eigenvalue weighted by molar-refractivity contribution is -0.116. The first-order valence-corrected chi connectivity index (χ1v) is 12.7. The summed E-state index contributed by atoms with van der Waals surface area (Å²) < 4.78 is 33.1. The molecule has 1 heterocycles. The first-order valence-electron chi connectivity index (χ1n) is 10.9. The van der Waals surface area contributed by atoms with Crippen LogP contribution in [0, 0.1) is 0 Å². The van der Waals surface area contributed by atoms with Crippen molar-refractivity contribution >= 4 is 39.1 Å². The highest BCUT2D eigenvalue weighted by atomic mass is 35.5. The van der Waals surface area contributed by atoms with Crippen LogP contribution in [0.5, 0.6) is 5.75 Å². The molecule has 1 saturated heterocycles. The fourth-order valence-electron chi connectivity index (χ4n) is 3.51. The molecule has 2 aromatic carbocycles. The lowest BCUT2D eigenvalue weighted by Gasteiger charge is -2.26. The van der Waals surface area contributed by atoms with Crippen molar-refractivity contribution in [2.24, 2.45) is 0 Å². The first-order chi connectivity index (χ1) is 15.8. The zero-order chi connectivity index (χ0) is 23.8. The van der Waals surface area contributed by atoms with Crippen molar-refractivity contribution in [2.75, 3.05) is 31.6 Å². The van der Waals surface area contributed by atoms with Gasteiger partial charge in [-0.25, -0.2) is 8.42 Å². The van der Waals surface area contributed by atoms with Gasteiger partial charge in [0.1, 0.15) is 5.75 Å². The molecule has 0 spiro atoms. The van der Waals surface area contributed by atoms with Crippen LogP contribution in [0.4, 0.5) is 5.69 Å². The molecule has 0 atom stereocenters. The van der Waals surface area contributed by atoms with Gasteiger partial charge in [-0.05, 0) is 62.2 Å². The minimum Gasteiger partial charge on any atom is -0.492 e. The van der Waals surface area contributed by atoms with Gasteiger partial charge in [0.05, 0.1) is 17.2 Å². The number of piperidine rings is 1. The van der Waals surface area contributed by atoms with Crippen molar-refractivity contribution in [2.45, 2.75) is 37.5 Å². The van der Waals surface area contributed by atoms with Gasteiger partial charge in [0.25, 0.3) is 5.91 Å². The van der Waals surface area contributed by atoms with Crippen LogP contribution in [0.1, 0.15) is 43.0 Å². The van der Waals surface area contributed by atoms with Crippen LogP contribution in [0.15, 0.2) is 47.4 Å². The van der Waals surface area contributed by atoms with Crippen molar-refractivity contribution in [1.82, 2.24) is 9.62 Å². The van der Waals surface area contributed by atoms with E-state index in [-0.39, 0.29) is 35.4 Å². The Balaban J connectivity index is 1.65. The zero-order valence-corrected chi connectivity index (χ0v) is 20.0. The Morgan fingerprint density at radius 3 is 2.42 bits per heavy atom. The second kappa shape index (κ2) is 11.5. The number of amides is 2. The highest BCUT2D eigenvalue weighted by molar-refractivity contribution is 7.89. The summed E-state index contributed by atoms with van der Waals surface area (Å²) in [6.07, 6.45) is 2.70. The number of rotatable bonds is 9. The van der Waals surface area contributed by atoms with Gasteiger partial charge in [-0.3, -0.25) is 9.59 Å². The molecule has 33 heavy (non-hydrogen) atoms. The molecule has 1 aliphatic heterocycles. The summed E-state index contributed by atoms with van der Waals surface area (Å²) >= 11 is 5.82. The lowest BCUT2D eigenvalue weighted by atomic mass is 10.2. The second-order valence-corrected chi connectivity index (χ2v) is 9.99. The van der Waals surface area contributed by atoms with Crippen LogP contribution >= 0.6 is 11.6 Å². The molecule has 0 saturated carbocycles. The number of benzene rings is 2. The highest BCUT2D eigenvalue weighted by Crippen LogP contribution is 2.30. The molecule has 0 aromatic heterocycles. The van der Waals surface area contributed by atoms with Crippen LogP contribution in [0.3, 0.4) is 0 Å². The minimum atomic E-state index is -3.65. The average molecular weight is 494 g/mol. The van der Waals surface area contributed by atoms with Gasteiger partial charge in [-0.1, -0.05) is 18.0 Å². The predicted octanol–water partition coefficient (Wildman–Crippen LogP) is 3.67. The van der Waals surface area contributed by atoms with Crippen LogP contribution in [0.25, 0.3) is 0 Å². The SMILES string of the molecule is CCOc1ccc(S(=O)(=O)N2CCCCC2)cc1NC(=O)CCNC(=O)c1ccc(Cl)cc1. The Kier molecular flexibility index (Phi) is 8.71. The summed E-state index contributed by atoms with van der Waals surface area (Å²) in [5.74, 6) is -0.308. The number of nitrogens with zero attached hydrogens (tertiary/aromatic N) is 1. The maximum atomic E-state index is 13.0. The smallest absolute Gasteiger partial charge is 0.251 e. The van der Waals surface area contributed by atoms with Gasteiger partial charge >= 0.3 is 0 Å². The van der Waals surface area contributed by atoms with E-state index in [4.69, 9.17) is 16.3 Å². The topological polar surface area (TPSA) is 105 Å². The van der Waals surface area contributed by atoms with Crippen LogP contribution < -0.4 is 15.4 Å². The van der Waals surface area contributed by atoms with E-state index in [1.807, 2.05) is 0 Å². The molecular formula is C23H28ClN3O5S. The summed E-state index contributed by atoms with van der Waals surface area (Å²) in [5, 5.41) is 5.92. The van der Waals surface area contributed by atoms with E-state index >= 15 is 0 Å². The molecule has 0 unspecified atom stereocenters. The summed E-state index contributed by atoms with van der Waals surface area (Å²) in [4.78, 5) is 24.8. The van der Waals surface area contributed by atoms with Crippen LogP contribution in [-0.4, -0.2) is 50.8 Å². The van der Waals surface area contributed by atoms with Gasteiger partial charge < -0.3 is 15.4 Å². The predicted molar refractivity (Wildman–Crippen MR) is 127 cm³/mol. The number of nitrogens with one attached hydrogen (secondary N) is 2. The number of hydrogen-bond donors (Lipinski definition) is 2. The second-order valence-electron chi connectivity index (χ2n) is 7.62. The fourth-order valence-corrected chi connectivity index (χ4v) is 5.18. The molecule has 10 heteroatoms. The third-order valence-electron chi connectivity index (χ3n) is 5.22. The van der Waals surface area contributed by atoms with Gasteiger partial charge in [0.15, 0.2) is 0 Å². The number of ether oxygens (including phenoxy) is 1. The van der Waals surface area contributed by atoms with Gasteiger partial charge in [-0.15, -0.1) is 0 Å². The average Bonchev–Trinajstić information content (AvgIpc) is 2.81. The van der Waals surface area contributed by atoms with Crippen LogP contribution in [-0.2, 0) is 14.8 Å². The normalized spacial score (nSPS) is 14.5. The minimum absolute atomic E-state index is 0.00793. The van der Waals surface area contributed by atoms with Crippen molar-refractivity contribution in [1.29, 1.82) is 0 Å². The van der Waals surface area contributed by atoms with Crippen molar-refractivity contribution in [3.63, 3.8) is 0 Å². The number of carbonyl (C=O) groups excluding carboxylic acids is 2. The molecule has 0 bridgehead atoms. The maximum absolute atomic E-state index is 13.0. The van der Waals surface area contributed by atoms with E-state index in [0.717, 1.165) is 19.3 Å². The summed E-state index contributed by atoms with van der Waals surface area (Å²) in [5.41, 5.74) is 0.720. The van der Waals surface area contributed by atoms with E-state index in [1.54, 1.807) is 37.3 Å². The third kappa shape index (κ3) is 6.69. The molecule has 0 radical (unpaired) electrons. The Morgan fingerprint density at radius 2 is 1.76 bits per heavy atom. The summed E-state index contributed by atoms with van der Waals surface area (Å²) in [7, 11) is -3.65. The van der Waals surface area contributed by atoms with E-state index in [9.17, 15) is 18.0 Å². The standard InChI is InChI=1S/C23H28ClN3O5S/c1-2-32-21-11-10-19(33(30,31)27-14-4-3-5-15-27)16-20(21)26-22(28)12-13-25-23(29)17-6-8-18(24)9-7-17/h6-11,16H,2-5,12-15H2,1H3,(H,25,29)(H,26,28). The van der Waals surface area contributed by atoms with Crippen molar-refractivity contribution < 1.29 is 22.7 Å².